The summed E-state index contributed by atoms with van der Waals surface area (Å²) in [4.78, 5) is 37.8. The monoisotopic (exact) mass is 528 g/mol. The number of aliphatic hydroxyl groups is 1. The summed E-state index contributed by atoms with van der Waals surface area (Å²) in [5.74, 6) is -1.43. The van der Waals surface area contributed by atoms with E-state index in [2.05, 4.69) is 20.8 Å². The molecule has 37 heavy (non-hydrogen) atoms. The molecule has 7 heteroatoms. The summed E-state index contributed by atoms with van der Waals surface area (Å²) in [5, 5.41) is 10.3. The Balaban J connectivity index is 5.18. The van der Waals surface area contributed by atoms with E-state index in [9.17, 15) is 19.5 Å². The molecule has 0 amide bonds. The van der Waals surface area contributed by atoms with Crippen molar-refractivity contribution in [1.29, 1.82) is 0 Å². The van der Waals surface area contributed by atoms with Crippen LogP contribution in [0.3, 0.4) is 0 Å². The van der Waals surface area contributed by atoms with Gasteiger partial charge in [-0.25, -0.2) is 0 Å². The molecule has 0 aromatic carbocycles. The highest BCUT2D eigenvalue weighted by Gasteiger charge is 2.37. The Hall–Kier alpha value is -1.63. The van der Waals surface area contributed by atoms with E-state index < -0.39 is 12.0 Å². The van der Waals surface area contributed by atoms with E-state index in [0.717, 1.165) is 57.8 Å². The van der Waals surface area contributed by atoms with Gasteiger partial charge in [-0.2, -0.15) is 0 Å². The number of esters is 3. The first-order valence-corrected chi connectivity index (χ1v) is 14.9. The van der Waals surface area contributed by atoms with Gasteiger partial charge in [0.15, 0.2) is 0 Å². The lowest BCUT2D eigenvalue weighted by Crippen LogP contribution is -2.43. The molecule has 0 saturated carbocycles. The molecule has 2 unspecified atom stereocenters. The van der Waals surface area contributed by atoms with E-state index in [1.807, 2.05) is 13.8 Å². The average molecular weight is 529 g/mol. The van der Waals surface area contributed by atoms with Crippen LogP contribution < -0.4 is 0 Å². The van der Waals surface area contributed by atoms with Crippen LogP contribution in [0, 0.1) is 17.3 Å². The molecular weight excluding hydrogens is 472 g/mol. The third-order valence-corrected chi connectivity index (χ3v) is 7.11. The van der Waals surface area contributed by atoms with Crippen molar-refractivity contribution < 1.29 is 33.7 Å². The Labute approximate surface area is 226 Å². The van der Waals surface area contributed by atoms with Gasteiger partial charge < -0.3 is 19.3 Å². The minimum Gasteiger partial charge on any atom is -0.465 e. The molecule has 0 bridgehead atoms. The van der Waals surface area contributed by atoms with Gasteiger partial charge in [0, 0.05) is 6.42 Å². The maximum atomic E-state index is 12.7. The van der Waals surface area contributed by atoms with Gasteiger partial charge in [0.05, 0.1) is 23.9 Å². The first kappa shape index (κ1) is 35.4. The molecule has 218 valence electrons. The Morgan fingerprint density at radius 3 is 1.49 bits per heavy atom. The van der Waals surface area contributed by atoms with E-state index in [1.54, 1.807) is 0 Å². The van der Waals surface area contributed by atoms with Crippen LogP contribution >= 0.6 is 0 Å². The Morgan fingerprint density at radius 1 is 0.622 bits per heavy atom. The molecule has 0 aliphatic rings. The molecule has 0 saturated heterocycles. The molecule has 0 fully saturated rings. The summed E-state index contributed by atoms with van der Waals surface area (Å²) in [7, 11) is 0. The number of aliphatic hydroxyl groups excluding tert-OH is 1. The van der Waals surface area contributed by atoms with E-state index in [-0.39, 0.29) is 49.6 Å². The minimum absolute atomic E-state index is 0.170. The predicted octanol–water partition coefficient (Wildman–Crippen LogP) is 6.78. The normalized spacial score (nSPS) is 14.4. The lowest BCUT2D eigenvalue weighted by molar-refractivity contribution is -0.169. The van der Waals surface area contributed by atoms with Crippen LogP contribution in [0.25, 0.3) is 0 Å². The van der Waals surface area contributed by atoms with Crippen molar-refractivity contribution in [3.05, 3.63) is 0 Å². The van der Waals surface area contributed by atoms with Crippen molar-refractivity contribution in [2.75, 3.05) is 26.4 Å². The third-order valence-electron chi connectivity index (χ3n) is 7.11. The fraction of sp³-hybridized carbons (Fsp3) is 0.900. The first-order chi connectivity index (χ1) is 17.8. The molecule has 0 heterocycles. The molecule has 0 aromatic heterocycles. The molecule has 1 N–H and O–H groups in total. The number of hydrogen-bond acceptors (Lipinski definition) is 7. The van der Waals surface area contributed by atoms with E-state index >= 15 is 0 Å². The Morgan fingerprint density at radius 2 is 1.05 bits per heavy atom. The zero-order valence-corrected chi connectivity index (χ0v) is 24.5. The second-order valence-corrected chi connectivity index (χ2v) is 10.5. The van der Waals surface area contributed by atoms with E-state index in [0.29, 0.717) is 19.3 Å². The molecule has 0 aromatic rings. The predicted molar refractivity (Wildman–Crippen MR) is 147 cm³/mol. The standard InChI is InChI=1S/C30H56O7/c1-6-11-14-15-16-17-20-27(32)35-22-30(21-31,23-36-28(33)25(9-4)18-12-7-2)24-37-29(34)26(10-5)19-13-8-3/h25-26,31H,6-24H2,1-5H3. The van der Waals surface area contributed by atoms with Gasteiger partial charge in [0.1, 0.15) is 19.8 Å². The molecule has 2 atom stereocenters. The molecule has 0 aliphatic carbocycles. The molecule has 0 aliphatic heterocycles. The fourth-order valence-electron chi connectivity index (χ4n) is 4.18. The summed E-state index contributed by atoms with van der Waals surface area (Å²) in [5.41, 5.74) is -1.19. The van der Waals surface area contributed by atoms with Crippen LogP contribution in [0.5, 0.6) is 0 Å². The lowest BCUT2D eigenvalue weighted by Gasteiger charge is -2.31. The zero-order valence-electron chi connectivity index (χ0n) is 24.5. The maximum Gasteiger partial charge on any atom is 0.308 e. The number of ether oxygens (including phenoxy) is 3. The second-order valence-electron chi connectivity index (χ2n) is 10.5. The van der Waals surface area contributed by atoms with Crippen molar-refractivity contribution >= 4 is 17.9 Å². The summed E-state index contributed by atoms with van der Waals surface area (Å²) in [6, 6.07) is 0. The SMILES string of the molecule is CCCCCCCCC(=O)OCC(CO)(COC(=O)C(CC)CCCC)COC(=O)C(CC)CCCC. The average Bonchev–Trinajstić information content (AvgIpc) is 2.91. The zero-order chi connectivity index (χ0) is 27.9. The van der Waals surface area contributed by atoms with Crippen LogP contribution in [-0.4, -0.2) is 49.4 Å². The van der Waals surface area contributed by atoms with Gasteiger partial charge >= 0.3 is 17.9 Å². The van der Waals surface area contributed by atoms with Gasteiger partial charge in [-0.3, -0.25) is 14.4 Å². The van der Waals surface area contributed by atoms with Crippen molar-refractivity contribution in [1.82, 2.24) is 0 Å². The number of hydrogen-bond donors (Lipinski definition) is 1. The molecule has 0 spiro atoms. The fourth-order valence-corrected chi connectivity index (χ4v) is 4.18. The topological polar surface area (TPSA) is 99.1 Å². The third kappa shape index (κ3) is 16.0. The summed E-state index contributed by atoms with van der Waals surface area (Å²) in [6.45, 7) is 9.27. The second kappa shape index (κ2) is 22.4. The van der Waals surface area contributed by atoms with Crippen molar-refractivity contribution in [2.24, 2.45) is 17.3 Å². The van der Waals surface area contributed by atoms with Gasteiger partial charge in [-0.1, -0.05) is 92.4 Å². The molecule has 0 rings (SSSR count). The van der Waals surface area contributed by atoms with Crippen LogP contribution in [0.1, 0.15) is 131 Å². The van der Waals surface area contributed by atoms with Crippen molar-refractivity contribution in [2.45, 2.75) is 131 Å². The van der Waals surface area contributed by atoms with Crippen molar-refractivity contribution in [3.63, 3.8) is 0 Å². The molecular formula is C30H56O7. The van der Waals surface area contributed by atoms with Crippen LogP contribution in [0.4, 0.5) is 0 Å². The van der Waals surface area contributed by atoms with E-state index in [4.69, 9.17) is 14.2 Å². The quantitative estimate of drug-likeness (QED) is 0.0837. The largest absolute Gasteiger partial charge is 0.465 e. The number of unbranched alkanes of at least 4 members (excludes halogenated alkanes) is 7. The number of carbonyl (C=O) groups excluding carboxylic acids is 3. The molecule has 0 radical (unpaired) electrons. The summed E-state index contributed by atoms with van der Waals surface area (Å²) in [6.07, 6.45) is 13.4. The van der Waals surface area contributed by atoms with Crippen molar-refractivity contribution in [3.8, 4) is 0 Å². The van der Waals surface area contributed by atoms with Gasteiger partial charge in [-0.05, 0) is 32.1 Å². The highest BCUT2D eigenvalue weighted by Crippen LogP contribution is 2.24. The van der Waals surface area contributed by atoms with Crippen LogP contribution in [0.2, 0.25) is 0 Å². The summed E-state index contributed by atoms with van der Waals surface area (Å²) < 4.78 is 16.8. The number of carbonyl (C=O) groups is 3. The van der Waals surface area contributed by atoms with Gasteiger partial charge in [0.25, 0.3) is 0 Å². The van der Waals surface area contributed by atoms with Crippen LogP contribution in [0.15, 0.2) is 0 Å². The van der Waals surface area contributed by atoms with Gasteiger partial charge in [0.2, 0.25) is 0 Å². The van der Waals surface area contributed by atoms with E-state index in [1.165, 1.54) is 19.3 Å². The van der Waals surface area contributed by atoms with Gasteiger partial charge in [-0.15, -0.1) is 0 Å². The Kier molecular flexibility index (Phi) is 21.4. The highest BCUT2D eigenvalue weighted by molar-refractivity contribution is 5.73. The minimum atomic E-state index is -1.19. The Bertz CT molecular complexity index is 573. The maximum absolute atomic E-state index is 12.7. The van der Waals surface area contributed by atoms with Crippen LogP contribution in [-0.2, 0) is 28.6 Å². The smallest absolute Gasteiger partial charge is 0.308 e. The summed E-state index contributed by atoms with van der Waals surface area (Å²) >= 11 is 0. The first-order valence-electron chi connectivity index (χ1n) is 14.9. The highest BCUT2D eigenvalue weighted by atomic mass is 16.6. The lowest BCUT2D eigenvalue weighted by atomic mass is 9.91. The number of rotatable bonds is 24. The molecule has 7 nitrogen and oxygen atoms in total.